The zero-order valence-corrected chi connectivity index (χ0v) is 14.8. The monoisotopic (exact) mass is 353 g/mol. The topological polar surface area (TPSA) is 90.3 Å². The molecule has 1 atom stereocenters. The summed E-state index contributed by atoms with van der Waals surface area (Å²) in [5.41, 5.74) is 2.29. The van der Waals surface area contributed by atoms with E-state index >= 15 is 0 Å². The fourth-order valence-corrected chi connectivity index (χ4v) is 3.52. The molecule has 0 radical (unpaired) electrons. The summed E-state index contributed by atoms with van der Waals surface area (Å²) >= 11 is 0. The number of aromatic nitrogens is 3. The average molecular weight is 353 g/mol. The number of aromatic carboxylic acids is 1. The first kappa shape index (κ1) is 16.4. The molecule has 0 aromatic carbocycles. The highest BCUT2D eigenvalue weighted by Crippen LogP contribution is 2.42. The molecule has 0 unspecified atom stereocenters. The highest BCUT2D eigenvalue weighted by Gasteiger charge is 2.35. The number of pyridine rings is 1. The summed E-state index contributed by atoms with van der Waals surface area (Å²) in [6.45, 7) is 6.86. The molecule has 7 nitrogen and oxygen atoms in total. The summed E-state index contributed by atoms with van der Waals surface area (Å²) in [4.78, 5) is 23.8. The Bertz CT molecular complexity index is 1050. The molecule has 1 N–H and O–H groups in total. The van der Waals surface area contributed by atoms with Gasteiger partial charge in [0.05, 0.1) is 42.7 Å². The van der Waals surface area contributed by atoms with Crippen molar-refractivity contribution in [3.8, 4) is 22.5 Å². The normalized spacial score (nSPS) is 16.2. The quantitative estimate of drug-likeness (QED) is 0.763. The molecule has 134 valence electrons. The van der Waals surface area contributed by atoms with Gasteiger partial charge in [0, 0.05) is 23.4 Å². The second-order valence-corrected chi connectivity index (χ2v) is 7.63. The minimum atomic E-state index is -1.22. The molecule has 0 amide bonds. The molecule has 4 rings (SSSR count). The van der Waals surface area contributed by atoms with Crippen molar-refractivity contribution in [2.24, 2.45) is 5.41 Å². The van der Waals surface area contributed by atoms with Crippen LogP contribution in [0.1, 0.15) is 37.2 Å². The first-order chi connectivity index (χ1) is 12.3. The lowest BCUT2D eigenvalue weighted by atomic mass is 9.84. The lowest BCUT2D eigenvalue weighted by molar-refractivity contribution is 0.0693. The van der Waals surface area contributed by atoms with Gasteiger partial charge in [-0.15, -0.1) is 0 Å². The Kier molecular flexibility index (Phi) is 3.44. The maximum Gasteiger partial charge on any atom is 0.341 e. The van der Waals surface area contributed by atoms with E-state index in [1.807, 2.05) is 15.3 Å². The van der Waals surface area contributed by atoms with Gasteiger partial charge in [-0.3, -0.25) is 9.48 Å². The van der Waals surface area contributed by atoms with E-state index in [9.17, 15) is 14.7 Å². The van der Waals surface area contributed by atoms with Gasteiger partial charge in [-0.1, -0.05) is 20.8 Å². The summed E-state index contributed by atoms with van der Waals surface area (Å²) in [7, 11) is 0. The van der Waals surface area contributed by atoms with Crippen LogP contribution in [-0.4, -0.2) is 25.4 Å². The van der Waals surface area contributed by atoms with Crippen LogP contribution in [0, 0.1) is 5.41 Å². The highest BCUT2D eigenvalue weighted by molar-refractivity contribution is 5.88. The SMILES string of the molecule is CC(C)(C)[C@@H]1Cn2ncc(-c3ccoc3)c2-c2cc(=O)c(C(=O)O)cn21. The molecule has 0 fully saturated rings. The van der Waals surface area contributed by atoms with E-state index in [4.69, 9.17) is 4.42 Å². The molecule has 26 heavy (non-hydrogen) atoms. The molecule has 1 aliphatic heterocycles. The third kappa shape index (κ3) is 2.39. The molecule has 3 aromatic rings. The largest absolute Gasteiger partial charge is 0.477 e. The first-order valence-electron chi connectivity index (χ1n) is 8.35. The third-order valence-corrected chi connectivity index (χ3v) is 4.91. The van der Waals surface area contributed by atoms with Gasteiger partial charge in [-0.2, -0.15) is 5.10 Å². The second-order valence-electron chi connectivity index (χ2n) is 7.63. The van der Waals surface area contributed by atoms with Gasteiger partial charge in [0.2, 0.25) is 0 Å². The van der Waals surface area contributed by atoms with E-state index in [-0.39, 0.29) is 17.0 Å². The number of nitrogens with zero attached hydrogens (tertiary/aromatic N) is 3. The number of rotatable bonds is 2. The molecule has 1 aliphatic rings. The Morgan fingerprint density at radius 1 is 1.38 bits per heavy atom. The van der Waals surface area contributed by atoms with E-state index < -0.39 is 11.4 Å². The Labute approximate surface area is 149 Å². The van der Waals surface area contributed by atoms with Crippen molar-refractivity contribution in [1.29, 1.82) is 0 Å². The molecule has 0 bridgehead atoms. The molecular weight excluding hydrogens is 334 g/mol. The number of carbonyl (C=O) groups is 1. The van der Waals surface area contributed by atoms with Crippen LogP contribution in [0.25, 0.3) is 22.5 Å². The molecule has 3 aromatic heterocycles. The van der Waals surface area contributed by atoms with Crippen molar-refractivity contribution in [2.75, 3.05) is 0 Å². The van der Waals surface area contributed by atoms with Crippen LogP contribution in [0.15, 0.2) is 46.3 Å². The Morgan fingerprint density at radius 3 is 2.77 bits per heavy atom. The predicted octanol–water partition coefficient (Wildman–Crippen LogP) is 3.27. The minimum Gasteiger partial charge on any atom is -0.477 e. The van der Waals surface area contributed by atoms with E-state index in [0.717, 1.165) is 16.8 Å². The van der Waals surface area contributed by atoms with Gasteiger partial charge in [-0.25, -0.2) is 4.79 Å². The average Bonchev–Trinajstić information content (AvgIpc) is 3.21. The maximum absolute atomic E-state index is 12.4. The predicted molar refractivity (Wildman–Crippen MR) is 95.1 cm³/mol. The number of furan rings is 1. The van der Waals surface area contributed by atoms with E-state index in [2.05, 4.69) is 25.9 Å². The van der Waals surface area contributed by atoms with Crippen LogP contribution in [0.4, 0.5) is 0 Å². The fourth-order valence-electron chi connectivity index (χ4n) is 3.52. The van der Waals surface area contributed by atoms with Crippen molar-refractivity contribution in [2.45, 2.75) is 33.4 Å². The van der Waals surface area contributed by atoms with Crippen LogP contribution >= 0.6 is 0 Å². The lowest BCUT2D eigenvalue weighted by Crippen LogP contribution is -2.35. The second kappa shape index (κ2) is 5.45. The van der Waals surface area contributed by atoms with E-state index in [1.54, 1.807) is 18.7 Å². The summed E-state index contributed by atoms with van der Waals surface area (Å²) in [5.74, 6) is -1.22. The standard InChI is InChI=1S/C19H19N3O4/c1-19(2,3)16-9-22-17(12(7-20-22)11-4-5-26-10-11)14-6-15(23)13(18(24)25)8-21(14)16/h4-8,10,16H,9H2,1-3H3,(H,24,25)/t16-/m0/s1. The molecule has 0 aliphatic carbocycles. The van der Waals surface area contributed by atoms with Crippen LogP contribution in [0.5, 0.6) is 0 Å². The number of carboxylic acid groups (broad SMARTS) is 1. The fraction of sp³-hybridized carbons (Fsp3) is 0.316. The zero-order chi connectivity index (χ0) is 18.6. The van der Waals surface area contributed by atoms with Gasteiger partial charge in [0.1, 0.15) is 5.56 Å². The van der Waals surface area contributed by atoms with Gasteiger partial charge in [0.15, 0.2) is 5.43 Å². The van der Waals surface area contributed by atoms with Crippen molar-refractivity contribution in [3.05, 3.63) is 52.8 Å². The summed E-state index contributed by atoms with van der Waals surface area (Å²) in [6.07, 6.45) is 6.43. The van der Waals surface area contributed by atoms with E-state index in [0.29, 0.717) is 12.2 Å². The lowest BCUT2D eigenvalue weighted by Gasteiger charge is -2.38. The number of carboxylic acids is 1. The van der Waals surface area contributed by atoms with Crippen molar-refractivity contribution in [1.82, 2.24) is 14.3 Å². The van der Waals surface area contributed by atoms with Gasteiger partial charge >= 0.3 is 5.97 Å². The van der Waals surface area contributed by atoms with Crippen molar-refractivity contribution >= 4 is 5.97 Å². The van der Waals surface area contributed by atoms with Crippen LogP contribution in [0.2, 0.25) is 0 Å². The van der Waals surface area contributed by atoms with E-state index in [1.165, 1.54) is 12.3 Å². The summed E-state index contributed by atoms with van der Waals surface area (Å²) < 4.78 is 8.97. The smallest absolute Gasteiger partial charge is 0.341 e. The van der Waals surface area contributed by atoms with Gasteiger partial charge in [-0.05, 0) is 11.5 Å². The molecule has 0 saturated carbocycles. The maximum atomic E-state index is 12.4. The van der Waals surface area contributed by atoms with Gasteiger partial charge < -0.3 is 14.1 Å². The van der Waals surface area contributed by atoms with Crippen molar-refractivity contribution in [3.63, 3.8) is 0 Å². The Balaban J connectivity index is 2.02. The summed E-state index contributed by atoms with van der Waals surface area (Å²) in [5, 5.41) is 13.9. The Morgan fingerprint density at radius 2 is 2.15 bits per heavy atom. The zero-order valence-electron chi connectivity index (χ0n) is 14.8. The molecule has 0 spiro atoms. The number of fused-ring (bicyclic) bond motifs is 3. The Hall–Kier alpha value is -3.09. The van der Waals surface area contributed by atoms with Crippen LogP contribution in [-0.2, 0) is 6.54 Å². The highest BCUT2D eigenvalue weighted by atomic mass is 16.4. The molecule has 7 heteroatoms. The summed E-state index contributed by atoms with van der Waals surface area (Å²) in [6, 6.07) is 3.20. The molecule has 0 saturated heterocycles. The van der Waals surface area contributed by atoms with Gasteiger partial charge in [0.25, 0.3) is 0 Å². The first-order valence-corrected chi connectivity index (χ1v) is 8.35. The van der Waals surface area contributed by atoms with Crippen LogP contribution < -0.4 is 5.43 Å². The molecule has 4 heterocycles. The number of hydrogen-bond donors (Lipinski definition) is 1. The number of hydrogen-bond acceptors (Lipinski definition) is 4. The van der Waals surface area contributed by atoms with Crippen LogP contribution in [0.3, 0.4) is 0 Å². The minimum absolute atomic E-state index is 0.0409. The molecular formula is C19H19N3O4. The third-order valence-electron chi connectivity index (χ3n) is 4.91. The van der Waals surface area contributed by atoms with Crippen molar-refractivity contribution < 1.29 is 14.3 Å².